The molecule has 0 bridgehead atoms. The number of hydrogen-bond acceptors (Lipinski definition) is 2. The molecule has 0 unspecified atom stereocenters. The first-order valence-electron chi connectivity index (χ1n) is 6.20. The van der Waals surface area contributed by atoms with Gasteiger partial charge in [-0.2, -0.15) is 0 Å². The quantitative estimate of drug-likeness (QED) is 0.635. The summed E-state index contributed by atoms with van der Waals surface area (Å²) in [5.41, 5.74) is 1.72. The topological polar surface area (TPSA) is 40.5 Å². The molecule has 96 valence electrons. The molecule has 0 aromatic rings. The highest BCUT2D eigenvalue weighted by molar-refractivity contribution is 5.15. The minimum Gasteiger partial charge on any atom is -0.389 e. The van der Waals surface area contributed by atoms with E-state index in [-0.39, 0.29) is 5.41 Å². The molecule has 0 amide bonds. The maximum absolute atomic E-state index is 10.1. The molecule has 0 heterocycles. The predicted molar refractivity (Wildman–Crippen MR) is 71.7 cm³/mol. The zero-order valence-corrected chi connectivity index (χ0v) is 11.1. The second-order valence-electron chi connectivity index (χ2n) is 5.67. The lowest BCUT2D eigenvalue weighted by molar-refractivity contribution is 0.161. The Morgan fingerprint density at radius 2 is 1.94 bits per heavy atom. The summed E-state index contributed by atoms with van der Waals surface area (Å²) in [6.07, 6.45) is 7.06. The van der Waals surface area contributed by atoms with Crippen LogP contribution in [0.2, 0.25) is 0 Å². The molecular weight excluding hydrogens is 212 g/mol. The van der Waals surface area contributed by atoms with Gasteiger partial charge in [-0.15, -0.1) is 0 Å². The van der Waals surface area contributed by atoms with Gasteiger partial charge in [-0.05, 0) is 42.7 Å². The van der Waals surface area contributed by atoms with Gasteiger partial charge >= 0.3 is 0 Å². The largest absolute Gasteiger partial charge is 0.389 e. The van der Waals surface area contributed by atoms with Crippen LogP contribution >= 0.6 is 0 Å². The van der Waals surface area contributed by atoms with E-state index in [1.165, 1.54) is 0 Å². The normalized spacial score (nSPS) is 35.6. The Morgan fingerprint density at radius 3 is 2.59 bits per heavy atom. The third kappa shape index (κ3) is 4.49. The van der Waals surface area contributed by atoms with Crippen LogP contribution in [0.3, 0.4) is 0 Å². The van der Waals surface area contributed by atoms with Gasteiger partial charge in [0.1, 0.15) is 0 Å². The van der Waals surface area contributed by atoms with Crippen molar-refractivity contribution in [2.75, 3.05) is 0 Å². The average molecular weight is 236 g/mol. The molecule has 0 radical (unpaired) electrons. The first-order valence-corrected chi connectivity index (χ1v) is 6.20. The van der Waals surface area contributed by atoms with Crippen molar-refractivity contribution in [3.63, 3.8) is 0 Å². The Labute approximate surface area is 104 Å². The van der Waals surface area contributed by atoms with Crippen molar-refractivity contribution in [1.82, 2.24) is 0 Å². The van der Waals surface area contributed by atoms with E-state index in [4.69, 9.17) is 0 Å². The zero-order chi connectivity index (χ0) is 13.1. The zero-order valence-electron chi connectivity index (χ0n) is 11.1. The SMILES string of the molecule is C=C1C/C=C/C(C)(C)C[C@@H](O)/C(C)=C\C[C@@H]1O. The molecular formula is C15H24O2. The summed E-state index contributed by atoms with van der Waals surface area (Å²) in [5, 5.41) is 19.9. The minimum absolute atomic E-state index is 0.0376. The maximum Gasteiger partial charge on any atom is 0.0785 e. The van der Waals surface area contributed by atoms with Crippen LogP contribution in [-0.2, 0) is 0 Å². The summed E-state index contributed by atoms with van der Waals surface area (Å²) in [6.45, 7) is 10.0. The Balaban J connectivity index is 2.93. The van der Waals surface area contributed by atoms with Gasteiger partial charge in [0, 0.05) is 0 Å². The van der Waals surface area contributed by atoms with Crippen molar-refractivity contribution in [2.24, 2.45) is 5.41 Å². The van der Waals surface area contributed by atoms with E-state index in [0.29, 0.717) is 19.3 Å². The van der Waals surface area contributed by atoms with Crippen LogP contribution in [0, 0.1) is 5.41 Å². The van der Waals surface area contributed by atoms with Gasteiger partial charge in [-0.3, -0.25) is 0 Å². The molecule has 0 spiro atoms. The average Bonchev–Trinajstić information content (AvgIpc) is 2.23. The fourth-order valence-corrected chi connectivity index (χ4v) is 1.99. The van der Waals surface area contributed by atoms with Crippen LogP contribution in [0.5, 0.6) is 0 Å². The lowest BCUT2D eigenvalue weighted by atomic mass is 9.84. The van der Waals surface area contributed by atoms with Gasteiger partial charge in [-0.25, -0.2) is 0 Å². The summed E-state index contributed by atoms with van der Waals surface area (Å²) in [5.74, 6) is 0. The Bertz CT molecular complexity index is 337. The predicted octanol–water partition coefficient (Wildman–Crippen LogP) is 2.98. The molecule has 2 atom stereocenters. The maximum atomic E-state index is 10.1. The summed E-state index contributed by atoms with van der Waals surface area (Å²) < 4.78 is 0. The van der Waals surface area contributed by atoms with Gasteiger partial charge in [0.2, 0.25) is 0 Å². The standard InChI is InChI=1S/C15H24O2/c1-11-6-5-9-15(3,4)10-14(17)12(2)7-8-13(11)16/h5,7,9,13-14,16-17H,1,6,8,10H2,2-4H3/b9-5+,12-7-/t13-,14+/m0/s1. The molecule has 17 heavy (non-hydrogen) atoms. The molecule has 0 saturated heterocycles. The highest BCUT2D eigenvalue weighted by Gasteiger charge is 2.21. The van der Waals surface area contributed by atoms with Gasteiger partial charge in [0.05, 0.1) is 12.2 Å². The van der Waals surface area contributed by atoms with E-state index >= 15 is 0 Å². The monoisotopic (exact) mass is 236 g/mol. The van der Waals surface area contributed by atoms with Gasteiger partial charge < -0.3 is 10.2 Å². The van der Waals surface area contributed by atoms with E-state index in [9.17, 15) is 10.2 Å². The molecule has 0 saturated carbocycles. The number of aliphatic hydroxyl groups excluding tert-OH is 2. The molecule has 1 rings (SSSR count). The third-order valence-corrected chi connectivity index (χ3v) is 3.33. The van der Waals surface area contributed by atoms with Crippen LogP contribution in [0.15, 0.2) is 36.0 Å². The summed E-state index contributed by atoms with van der Waals surface area (Å²) in [4.78, 5) is 0. The highest BCUT2D eigenvalue weighted by atomic mass is 16.3. The molecule has 2 N–H and O–H groups in total. The van der Waals surface area contributed by atoms with Crippen LogP contribution < -0.4 is 0 Å². The van der Waals surface area contributed by atoms with Crippen molar-refractivity contribution >= 4 is 0 Å². The van der Waals surface area contributed by atoms with E-state index in [0.717, 1.165) is 11.1 Å². The Kier molecular flexibility index (Phi) is 4.72. The van der Waals surface area contributed by atoms with E-state index in [1.807, 2.05) is 19.1 Å². The fourth-order valence-electron chi connectivity index (χ4n) is 1.99. The van der Waals surface area contributed by atoms with E-state index in [1.54, 1.807) is 0 Å². The first kappa shape index (κ1) is 14.2. The third-order valence-electron chi connectivity index (χ3n) is 3.33. The van der Waals surface area contributed by atoms with Crippen LogP contribution in [0.1, 0.15) is 40.0 Å². The number of aliphatic hydroxyl groups is 2. The van der Waals surface area contributed by atoms with Crippen molar-refractivity contribution in [3.8, 4) is 0 Å². The van der Waals surface area contributed by atoms with Gasteiger partial charge in [0.25, 0.3) is 0 Å². The molecule has 0 aliphatic heterocycles. The summed E-state index contributed by atoms with van der Waals surface area (Å²) in [6, 6.07) is 0. The first-order chi connectivity index (χ1) is 7.82. The van der Waals surface area contributed by atoms with E-state index < -0.39 is 12.2 Å². The Morgan fingerprint density at radius 1 is 1.29 bits per heavy atom. The number of allylic oxidation sites excluding steroid dienone is 2. The fraction of sp³-hybridized carbons (Fsp3) is 0.600. The molecule has 2 heteroatoms. The highest BCUT2D eigenvalue weighted by Crippen LogP contribution is 2.28. The van der Waals surface area contributed by atoms with Crippen molar-refractivity contribution in [1.29, 1.82) is 0 Å². The Hall–Kier alpha value is -0.860. The number of hydrogen-bond donors (Lipinski definition) is 2. The molecule has 1 aliphatic rings. The van der Waals surface area contributed by atoms with Crippen LogP contribution in [-0.4, -0.2) is 22.4 Å². The van der Waals surface area contributed by atoms with E-state index in [2.05, 4.69) is 26.5 Å². The summed E-state index contributed by atoms with van der Waals surface area (Å²) in [7, 11) is 0. The lowest BCUT2D eigenvalue weighted by Crippen LogP contribution is -2.19. The van der Waals surface area contributed by atoms with Gasteiger partial charge in [-0.1, -0.05) is 38.7 Å². The van der Waals surface area contributed by atoms with Crippen LogP contribution in [0.25, 0.3) is 0 Å². The van der Waals surface area contributed by atoms with Gasteiger partial charge in [0.15, 0.2) is 0 Å². The molecule has 0 aromatic carbocycles. The molecule has 0 fully saturated rings. The van der Waals surface area contributed by atoms with Crippen LogP contribution in [0.4, 0.5) is 0 Å². The minimum atomic E-state index is -0.511. The van der Waals surface area contributed by atoms with Crippen molar-refractivity contribution in [2.45, 2.75) is 52.2 Å². The van der Waals surface area contributed by atoms with Crippen molar-refractivity contribution < 1.29 is 10.2 Å². The molecule has 0 aromatic heterocycles. The molecule has 1 aliphatic carbocycles. The number of rotatable bonds is 0. The second kappa shape index (κ2) is 5.65. The molecule has 2 nitrogen and oxygen atoms in total. The summed E-state index contributed by atoms with van der Waals surface area (Å²) >= 11 is 0. The van der Waals surface area contributed by atoms with Crippen molar-refractivity contribution in [3.05, 3.63) is 36.0 Å². The second-order valence-corrected chi connectivity index (χ2v) is 5.67. The lowest BCUT2D eigenvalue weighted by Gasteiger charge is -2.24. The smallest absolute Gasteiger partial charge is 0.0785 e.